The van der Waals surface area contributed by atoms with Crippen molar-refractivity contribution in [2.75, 3.05) is 6.61 Å². The summed E-state index contributed by atoms with van der Waals surface area (Å²) in [6.45, 7) is 20.3. The van der Waals surface area contributed by atoms with E-state index in [2.05, 4.69) is 33.9 Å². The zero-order valence-electron chi connectivity index (χ0n) is 23.8. The number of carbonyl (C=O) groups excluding carboxylic acids is 2. The fourth-order valence-corrected chi connectivity index (χ4v) is 4.97. The first kappa shape index (κ1) is 28.6. The second kappa shape index (κ2) is 10.0. The van der Waals surface area contributed by atoms with Crippen LogP contribution >= 0.6 is 0 Å². The second-order valence-electron chi connectivity index (χ2n) is 12.1. The van der Waals surface area contributed by atoms with Crippen LogP contribution in [0.3, 0.4) is 0 Å². The average molecular weight is 532 g/mol. The quantitative estimate of drug-likeness (QED) is 0.382. The van der Waals surface area contributed by atoms with E-state index in [1.807, 2.05) is 19.1 Å². The first-order chi connectivity index (χ1) is 17.0. The van der Waals surface area contributed by atoms with Crippen molar-refractivity contribution in [3.8, 4) is 11.4 Å². The molecule has 1 atom stereocenters. The van der Waals surface area contributed by atoms with Gasteiger partial charge < -0.3 is 13.9 Å². The summed E-state index contributed by atoms with van der Waals surface area (Å²) < 4.78 is 20.2. The SMILES string of the molecule is CCOC(=O)c1c2n(c(=O)n1-c1ccc(O[Si](C)(C)C(C)(C)C)cc1)CC(C)N(C(=O)OC(C)(C)C)C2. The minimum Gasteiger partial charge on any atom is -0.544 e. The average Bonchev–Trinajstić information content (AvgIpc) is 3.03. The molecule has 1 aliphatic rings. The molecule has 37 heavy (non-hydrogen) atoms. The van der Waals surface area contributed by atoms with Crippen LogP contribution in [-0.2, 0) is 22.6 Å². The van der Waals surface area contributed by atoms with Gasteiger partial charge in [-0.15, -0.1) is 0 Å². The summed E-state index contributed by atoms with van der Waals surface area (Å²) in [6.07, 6.45) is -0.492. The van der Waals surface area contributed by atoms with E-state index in [4.69, 9.17) is 13.9 Å². The monoisotopic (exact) mass is 531 g/mol. The Labute approximate surface area is 220 Å². The first-order valence-corrected chi connectivity index (χ1v) is 15.7. The molecule has 0 N–H and O–H groups in total. The molecular formula is C27H41N3O6Si. The largest absolute Gasteiger partial charge is 0.544 e. The van der Waals surface area contributed by atoms with Crippen LogP contribution in [0.25, 0.3) is 5.69 Å². The van der Waals surface area contributed by atoms with E-state index >= 15 is 0 Å². The lowest BCUT2D eigenvalue weighted by molar-refractivity contribution is 0.00925. The summed E-state index contributed by atoms with van der Waals surface area (Å²) >= 11 is 0. The number of ether oxygens (including phenoxy) is 2. The number of esters is 1. The number of fused-ring (bicyclic) bond motifs is 1. The third-order valence-corrected chi connectivity index (χ3v) is 11.3. The Balaban J connectivity index is 2.06. The number of imidazole rings is 1. The number of hydrogen-bond donors (Lipinski definition) is 0. The number of carbonyl (C=O) groups is 2. The van der Waals surface area contributed by atoms with Crippen molar-refractivity contribution in [1.82, 2.24) is 14.0 Å². The fraction of sp³-hybridized carbons (Fsp3) is 0.593. The normalized spacial score (nSPS) is 16.3. The number of rotatable bonds is 5. The maximum atomic E-state index is 13.6. The van der Waals surface area contributed by atoms with E-state index in [0.717, 1.165) is 5.75 Å². The molecule has 0 radical (unpaired) electrons. The lowest BCUT2D eigenvalue weighted by Gasteiger charge is -2.36. The van der Waals surface area contributed by atoms with Gasteiger partial charge in [0.15, 0.2) is 5.69 Å². The van der Waals surface area contributed by atoms with E-state index in [-0.39, 0.29) is 42.2 Å². The van der Waals surface area contributed by atoms with Crippen molar-refractivity contribution in [1.29, 1.82) is 0 Å². The van der Waals surface area contributed by atoms with E-state index < -0.39 is 26.0 Å². The molecule has 1 amide bonds. The first-order valence-electron chi connectivity index (χ1n) is 12.8. The van der Waals surface area contributed by atoms with Crippen molar-refractivity contribution in [2.45, 2.75) is 98.3 Å². The van der Waals surface area contributed by atoms with Crippen LogP contribution in [0.15, 0.2) is 29.1 Å². The smallest absolute Gasteiger partial charge is 0.410 e. The molecule has 1 aromatic carbocycles. The zero-order valence-corrected chi connectivity index (χ0v) is 24.8. The highest BCUT2D eigenvalue weighted by Gasteiger charge is 2.39. The molecule has 204 valence electrons. The Kier molecular flexibility index (Phi) is 7.75. The van der Waals surface area contributed by atoms with Crippen LogP contribution in [0.4, 0.5) is 4.79 Å². The van der Waals surface area contributed by atoms with Crippen LogP contribution in [-0.4, -0.2) is 52.7 Å². The fourth-order valence-electron chi connectivity index (χ4n) is 3.94. The van der Waals surface area contributed by atoms with Crippen molar-refractivity contribution in [3.05, 3.63) is 46.1 Å². The van der Waals surface area contributed by atoms with Crippen LogP contribution in [0.5, 0.6) is 5.75 Å². The lowest BCUT2D eigenvalue weighted by Crippen LogP contribution is -2.48. The van der Waals surface area contributed by atoms with Crippen LogP contribution in [0.2, 0.25) is 18.1 Å². The van der Waals surface area contributed by atoms with Gasteiger partial charge in [-0.3, -0.25) is 14.0 Å². The second-order valence-corrected chi connectivity index (χ2v) is 16.8. The molecule has 1 aliphatic heterocycles. The lowest BCUT2D eigenvalue weighted by atomic mass is 10.1. The number of amides is 1. The molecule has 1 aromatic heterocycles. The Hall–Kier alpha value is -3.01. The van der Waals surface area contributed by atoms with Gasteiger partial charge in [-0.25, -0.2) is 14.4 Å². The summed E-state index contributed by atoms with van der Waals surface area (Å²) in [4.78, 5) is 41.2. The van der Waals surface area contributed by atoms with Gasteiger partial charge in [-0.1, -0.05) is 20.8 Å². The Morgan fingerprint density at radius 2 is 1.65 bits per heavy atom. The predicted octanol–water partition coefficient (Wildman–Crippen LogP) is 5.34. The highest BCUT2D eigenvalue weighted by atomic mass is 28.4. The molecule has 1 unspecified atom stereocenters. The minimum absolute atomic E-state index is 0.0395. The molecule has 9 nitrogen and oxygen atoms in total. The molecule has 2 heterocycles. The summed E-state index contributed by atoms with van der Waals surface area (Å²) in [5.41, 5.74) is 0.0399. The van der Waals surface area contributed by atoms with Crippen molar-refractivity contribution in [3.63, 3.8) is 0 Å². The van der Waals surface area contributed by atoms with Crippen molar-refractivity contribution >= 4 is 20.4 Å². The summed E-state index contributed by atoms with van der Waals surface area (Å²) in [6, 6.07) is 6.89. The highest BCUT2D eigenvalue weighted by Crippen LogP contribution is 2.37. The Bertz CT molecular complexity index is 1210. The minimum atomic E-state index is -2.04. The van der Waals surface area contributed by atoms with Crippen LogP contribution < -0.4 is 10.1 Å². The van der Waals surface area contributed by atoms with E-state index in [0.29, 0.717) is 11.4 Å². The van der Waals surface area contributed by atoms with Gasteiger partial charge in [0.05, 0.1) is 30.6 Å². The summed E-state index contributed by atoms with van der Waals surface area (Å²) in [5, 5.41) is 0.0395. The van der Waals surface area contributed by atoms with Crippen LogP contribution in [0, 0.1) is 0 Å². The van der Waals surface area contributed by atoms with E-state index in [1.54, 1.807) is 49.3 Å². The Morgan fingerprint density at radius 1 is 1.05 bits per heavy atom. The predicted molar refractivity (Wildman–Crippen MR) is 145 cm³/mol. The maximum absolute atomic E-state index is 13.6. The van der Waals surface area contributed by atoms with Gasteiger partial charge in [0, 0.05) is 6.54 Å². The third-order valence-electron chi connectivity index (χ3n) is 6.91. The van der Waals surface area contributed by atoms with Gasteiger partial charge in [0.1, 0.15) is 11.4 Å². The summed E-state index contributed by atoms with van der Waals surface area (Å²) in [7, 11) is -2.04. The van der Waals surface area contributed by atoms with Gasteiger partial charge in [-0.2, -0.15) is 0 Å². The number of benzene rings is 1. The summed E-state index contributed by atoms with van der Waals surface area (Å²) in [5.74, 6) is 0.100. The van der Waals surface area contributed by atoms with Crippen molar-refractivity contribution < 1.29 is 23.5 Å². The number of nitrogens with zero attached hydrogens (tertiary/aromatic N) is 3. The number of hydrogen-bond acceptors (Lipinski definition) is 6. The topological polar surface area (TPSA) is 92.0 Å². The standard InChI is InChI=1S/C27H41N3O6Si/c1-11-34-23(31)22-21-17-28(25(33)35-26(3,4)5)18(2)16-29(21)24(32)30(22)19-12-14-20(15-13-19)36-37(9,10)27(6,7)8/h12-15,18H,11,16-17H2,1-10H3. The Morgan fingerprint density at radius 3 is 2.16 bits per heavy atom. The molecule has 0 fully saturated rings. The molecule has 10 heteroatoms. The zero-order chi connectivity index (χ0) is 27.9. The molecule has 2 aromatic rings. The van der Waals surface area contributed by atoms with Gasteiger partial charge in [-0.05, 0) is 77.0 Å². The number of aromatic nitrogens is 2. The van der Waals surface area contributed by atoms with Crippen molar-refractivity contribution in [2.24, 2.45) is 0 Å². The molecule has 0 spiro atoms. The van der Waals surface area contributed by atoms with E-state index in [1.165, 1.54) is 4.57 Å². The maximum Gasteiger partial charge on any atom is 0.410 e. The van der Waals surface area contributed by atoms with Gasteiger partial charge in [0.2, 0.25) is 8.32 Å². The molecule has 0 saturated carbocycles. The van der Waals surface area contributed by atoms with Gasteiger partial charge in [0.25, 0.3) is 0 Å². The third kappa shape index (κ3) is 5.95. The van der Waals surface area contributed by atoms with Crippen LogP contribution in [0.1, 0.15) is 71.6 Å². The molecule has 0 saturated heterocycles. The molecule has 0 bridgehead atoms. The highest BCUT2D eigenvalue weighted by molar-refractivity contribution is 6.74. The molecular weight excluding hydrogens is 490 g/mol. The van der Waals surface area contributed by atoms with E-state index in [9.17, 15) is 14.4 Å². The molecule has 0 aliphatic carbocycles. The van der Waals surface area contributed by atoms with Gasteiger partial charge >= 0.3 is 17.8 Å². The molecule has 3 rings (SSSR count).